The van der Waals surface area contributed by atoms with Crippen molar-refractivity contribution in [3.8, 4) is 5.75 Å². The lowest BCUT2D eigenvalue weighted by atomic mass is 10.0. The third-order valence-electron chi connectivity index (χ3n) is 5.11. The largest absolute Gasteiger partial charge is 0.488 e. The summed E-state index contributed by atoms with van der Waals surface area (Å²) in [6, 6.07) is 11.2. The molecule has 0 aliphatic heterocycles. The molecule has 1 aliphatic carbocycles. The molecule has 2 aromatic carbocycles. The number of ether oxygens (including phenoxy) is 1. The van der Waals surface area contributed by atoms with Crippen LogP contribution in [0.5, 0.6) is 5.75 Å². The highest BCUT2D eigenvalue weighted by Crippen LogP contribution is 2.33. The second-order valence-electron chi connectivity index (χ2n) is 6.94. The van der Waals surface area contributed by atoms with Gasteiger partial charge in [0.1, 0.15) is 17.9 Å². The first kappa shape index (κ1) is 17.3. The third kappa shape index (κ3) is 3.33. The Bertz CT molecular complexity index is 1080. The Morgan fingerprint density at radius 3 is 2.52 bits per heavy atom. The number of carbonyl (C=O) groups is 1. The maximum absolute atomic E-state index is 12.2. The highest BCUT2D eigenvalue weighted by atomic mass is 16.5. The molecule has 0 radical (unpaired) electrons. The first-order valence-corrected chi connectivity index (χ1v) is 9.03. The topological polar surface area (TPSA) is 76.7 Å². The minimum absolute atomic E-state index is 0.00821. The van der Waals surface area contributed by atoms with Crippen LogP contribution in [0.25, 0.3) is 11.0 Å². The molecule has 0 amide bonds. The number of benzene rings is 2. The number of aliphatic carboxylic acids is 1. The van der Waals surface area contributed by atoms with E-state index in [1.807, 2.05) is 31.2 Å². The van der Waals surface area contributed by atoms with Crippen LogP contribution in [-0.4, -0.2) is 11.1 Å². The van der Waals surface area contributed by atoms with E-state index in [1.165, 1.54) is 0 Å². The van der Waals surface area contributed by atoms with Gasteiger partial charge in [-0.1, -0.05) is 24.3 Å². The van der Waals surface area contributed by atoms with Crippen molar-refractivity contribution in [2.45, 2.75) is 39.2 Å². The molecular formula is C22H20O5. The van der Waals surface area contributed by atoms with Crippen LogP contribution in [0.15, 0.2) is 45.6 Å². The molecule has 0 unspecified atom stereocenters. The molecule has 1 aliphatic rings. The van der Waals surface area contributed by atoms with Gasteiger partial charge in [0.2, 0.25) is 0 Å². The van der Waals surface area contributed by atoms with Crippen molar-refractivity contribution in [3.63, 3.8) is 0 Å². The van der Waals surface area contributed by atoms with Crippen molar-refractivity contribution in [1.29, 1.82) is 0 Å². The minimum Gasteiger partial charge on any atom is -0.488 e. The molecule has 5 nitrogen and oxygen atoms in total. The lowest BCUT2D eigenvalue weighted by Gasteiger charge is -2.12. The number of rotatable bonds is 5. The van der Waals surface area contributed by atoms with E-state index < -0.39 is 5.97 Å². The molecule has 0 spiro atoms. The van der Waals surface area contributed by atoms with Crippen LogP contribution in [-0.2, 0) is 30.7 Å². The van der Waals surface area contributed by atoms with Gasteiger partial charge in [0.15, 0.2) is 0 Å². The van der Waals surface area contributed by atoms with E-state index >= 15 is 0 Å². The molecule has 0 bridgehead atoms. The van der Waals surface area contributed by atoms with Crippen LogP contribution >= 0.6 is 0 Å². The fourth-order valence-electron chi connectivity index (χ4n) is 3.71. The van der Waals surface area contributed by atoms with Gasteiger partial charge in [0.05, 0.1) is 6.42 Å². The predicted octanol–water partition coefficient (Wildman–Crippen LogP) is 3.80. The summed E-state index contributed by atoms with van der Waals surface area (Å²) >= 11 is 0. The van der Waals surface area contributed by atoms with Crippen molar-refractivity contribution in [3.05, 3.63) is 74.6 Å². The van der Waals surface area contributed by atoms with E-state index in [0.717, 1.165) is 52.5 Å². The molecule has 1 aromatic heterocycles. The molecule has 0 saturated carbocycles. The first-order valence-electron chi connectivity index (χ1n) is 9.03. The van der Waals surface area contributed by atoms with Crippen LogP contribution in [0.2, 0.25) is 0 Å². The SMILES string of the molecule is Cc1c(OCc2ccc(CC(=O)O)cc2)ccc2c3c(c(=O)oc12)CCC3. The molecule has 3 aromatic rings. The fraction of sp³-hybridized carbons (Fsp3) is 0.273. The van der Waals surface area contributed by atoms with E-state index in [4.69, 9.17) is 14.3 Å². The quantitative estimate of drug-likeness (QED) is 0.697. The van der Waals surface area contributed by atoms with Crippen molar-refractivity contribution in [1.82, 2.24) is 0 Å². The third-order valence-corrected chi connectivity index (χ3v) is 5.11. The van der Waals surface area contributed by atoms with Gasteiger partial charge in [0, 0.05) is 16.5 Å². The predicted molar refractivity (Wildman–Crippen MR) is 101 cm³/mol. The van der Waals surface area contributed by atoms with E-state index in [2.05, 4.69) is 0 Å². The standard InChI is InChI=1S/C22H20O5/c1-13-19(26-12-15-7-5-14(6-8-15)11-20(23)24)10-9-17-16-3-2-4-18(16)22(25)27-21(13)17/h5-10H,2-4,11-12H2,1H3,(H,23,24). The van der Waals surface area contributed by atoms with Crippen molar-refractivity contribution < 1.29 is 19.1 Å². The Hall–Kier alpha value is -3.08. The van der Waals surface area contributed by atoms with Gasteiger partial charge in [-0.05, 0) is 55.0 Å². The maximum atomic E-state index is 12.2. The second kappa shape index (κ2) is 6.91. The summed E-state index contributed by atoms with van der Waals surface area (Å²) in [5.41, 5.74) is 4.82. The van der Waals surface area contributed by atoms with Gasteiger partial charge in [-0.15, -0.1) is 0 Å². The molecule has 138 valence electrons. The molecular weight excluding hydrogens is 344 g/mol. The maximum Gasteiger partial charge on any atom is 0.339 e. The summed E-state index contributed by atoms with van der Waals surface area (Å²) in [5, 5.41) is 9.83. The Morgan fingerprint density at radius 1 is 1.07 bits per heavy atom. The van der Waals surface area contributed by atoms with E-state index in [1.54, 1.807) is 12.1 Å². The molecule has 0 saturated heterocycles. The number of carboxylic acids is 1. The van der Waals surface area contributed by atoms with Crippen LogP contribution in [0.4, 0.5) is 0 Å². The second-order valence-corrected chi connectivity index (χ2v) is 6.94. The first-order chi connectivity index (χ1) is 13.0. The molecule has 0 fully saturated rings. The molecule has 1 N–H and O–H groups in total. The van der Waals surface area contributed by atoms with Gasteiger partial charge in [-0.25, -0.2) is 4.79 Å². The highest BCUT2D eigenvalue weighted by molar-refractivity contribution is 5.86. The van der Waals surface area contributed by atoms with E-state index in [0.29, 0.717) is 17.9 Å². The van der Waals surface area contributed by atoms with Crippen LogP contribution in [0, 0.1) is 6.92 Å². The summed E-state index contributed by atoms with van der Waals surface area (Å²) < 4.78 is 11.5. The number of carboxylic acid groups (broad SMARTS) is 1. The highest BCUT2D eigenvalue weighted by Gasteiger charge is 2.21. The molecule has 0 atom stereocenters. The lowest BCUT2D eigenvalue weighted by Crippen LogP contribution is -2.08. The van der Waals surface area contributed by atoms with Crippen molar-refractivity contribution in [2.24, 2.45) is 0 Å². The molecule has 27 heavy (non-hydrogen) atoms. The van der Waals surface area contributed by atoms with Gasteiger partial charge in [-0.3, -0.25) is 4.79 Å². The zero-order valence-electron chi connectivity index (χ0n) is 15.1. The van der Waals surface area contributed by atoms with Crippen LogP contribution in [0.3, 0.4) is 0 Å². The number of hydrogen-bond acceptors (Lipinski definition) is 4. The van der Waals surface area contributed by atoms with Crippen molar-refractivity contribution in [2.75, 3.05) is 0 Å². The van der Waals surface area contributed by atoms with Crippen LogP contribution < -0.4 is 10.4 Å². The number of hydrogen-bond donors (Lipinski definition) is 1. The average molecular weight is 364 g/mol. The monoisotopic (exact) mass is 364 g/mol. The Kier molecular flexibility index (Phi) is 4.44. The van der Waals surface area contributed by atoms with Gasteiger partial charge in [0.25, 0.3) is 0 Å². The summed E-state index contributed by atoms with van der Waals surface area (Å²) in [6.07, 6.45) is 2.71. The van der Waals surface area contributed by atoms with Gasteiger partial charge in [-0.2, -0.15) is 0 Å². The van der Waals surface area contributed by atoms with Crippen LogP contribution in [0.1, 0.15) is 34.2 Å². The average Bonchev–Trinajstić information content (AvgIpc) is 3.13. The number of fused-ring (bicyclic) bond motifs is 3. The van der Waals surface area contributed by atoms with E-state index in [-0.39, 0.29) is 12.0 Å². The Morgan fingerprint density at radius 2 is 1.78 bits per heavy atom. The summed E-state index contributed by atoms with van der Waals surface area (Å²) in [6.45, 7) is 2.26. The molecule has 1 heterocycles. The summed E-state index contributed by atoms with van der Waals surface area (Å²) in [4.78, 5) is 23.0. The van der Waals surface area contributed by atoms with Gasteiger partial charge < -0.3 is 14.3 Å². The zero-order valence-corrected chi connectivity index (χ0v) is 15.1. The fourth-order valence-corrected chi connectivity index (χ4v) is 3.71. The van der Waals surface area contributed by atoms with Gasteiger partial charge >= 0.3 is 11.6 Å². The van der Waals surface area contributed by atoms with Crippen molar-refractivity contribution >= 4 is 16.9 Å². The van der Waals surface area contributed by atoms with E-state index in [9.17, 15) is 9.59 Å². The number of aryl methyl sites for hydroxylation is 2. The minimum atomic E-state index is -0.848. The zero-order chi connectivity index (χ0) is 19.0. The molecule has 5 heteroatoms. The lowest BCUT2D eigenvalue weighted by molar-refractivity contribution is -0.136. The smallest absolute Gasteiger partial charge is 0.339 e. The summed E-state index contributed by atoms with van der Waals surface area (Å²) in [5.74, 6) is -0.169. The molecule has 4 rings (SSSR count). The summed E-state index contributed by atoms with van der Waals surface area (Å²) in [7, 11) is 0. The Balaban J connectivity index is 1.58. The Labute approximate surface area is 156 Å². The normalized spacial score (nSPS) is 12.9.